The van der Waals surface area contributed by atoms with Crippen LogP contribution in [0, 0.1) is 0 Å². The van der Waals surface area contributed by atoms with E-state index in [4.69, 9.17) is 9.15 Å². The Balaban J connectivity index is 1.70. The van der Waals surface area contributed by atoms with Gasteiger partial charge in [-0.1, -0.05) is 0 Å². The number of carbonyl (C=O) groups is 1. The number of carbonyl (C=O) groups excluding carboxylic acids is 1. The zero-order chi connectivity index (χ0) is 16.9. The molecule has 8 heteroatoms. The zero-order valence-electron chi connectivity index (χ0n) is 13.9. The molecule has 1 N–H and O–H groups in total. The molecule has 1 aliphatic heterocycles. The highest BCUT2D eigenvalue weighted by Crippen LogP contribution is 2.24. The Morgan fingerprint density at radius 3 is 2.96 bits per heavy atom. The number of amides is 1. The molecule has 1 aliphatic rings. The molecule has 0 radical (unpaired) electrons. The lowest BCUT2D eigenvalue weighted by Gasteiger charge is -2.33. The summed E-state index contributed by atoms with van der Waals surface area (Å²) in [6, 6.07) is 2.07. The standard InChI is InChI=1S/C16H22N4O3S/c1-19-10-13(16(18-19)22-2)15(21)17-9-14(12-3-6-23-11-12)20-4-7-24-8-5-20/h3,6,10-11,14H,4-5,7-9H2,1-2H3,(H,17,21). The van der Waals surface area contributed by atoms with Gasteiger partial charge in [0, 0.05) is 49.9 Å². The van der Waals surface area contributed by atoms with Crippen LogP contribution in [-0.4, -0.2) is 58.8 Å². The second kappa shape index (κ2) is 7.76. The number of methoxy groups -OCH3 is 1. The van der Waals surface area contributed by atoms with Crippen LogP contribution in [0.5, 0.6) is 5.88 Å². The third-order valence-electron chi connectivity index (χ3n) is 4.10. The first-order chi connectivity index (χ1) is 11.7. The Hall–Kier alpha value is -1.93. The number of nitrogens with zero attached hydrogens (tertiary/aromatic N) is 3. The third-order valence-corrected chi connectivity index (χ3v) is 5.05. The molecule has 0 spiro atoms. The Morgan fingerprint density at radius 2 is 2.29 bits per heavy atom. The van der Waals surface area contributed by atoms with Crippen LogP contribution >= 0.6 is 11.8 Å². The largest absolute Gasteiger partial charge is 0.479 e. The van der Waals surface area contributed by atoms with E-state index in [1.54, 1.807) is 30.5 Å². The summed E-state index contributed by atoms with van der Waals surface area (Å²) in [7, 11) is 3.28. The molecule has 0 bridgehead atoms. The Labute approximate surface area is 145 Å². The Kier molecular flexibility index (Phi) is 5.47. The first-order valence-electron chi connectivity index (χ1n) is 7.88. The van der Waals surface area contributed by atoms with Crippen LogP contribution in [0.1, 0.15) is 22.0 Å². The molecular weight excluding hydrogens is 328 g/mol. The summed E-state index contributed by atoms with van der Waals surface area (Å²) in [4.78, 5) is 14.9. The van der Waals surface area contributed by atoms with Crippen molar-refractivity contribution in [3.05, 3.63) is 35.9 Å². The number of nitrogens with one attached hydrogen (secondary N) is 1. The van der Waals surface area contributed by atoms with E-state index in [2.05, 4.69) is 15.3 Å². The highest BCUT2D eigenvalue weighted by molar-refractivity contribution is 7.99. The van der Waals surface area contributed by atoms with Crippen molar-refractivity contribution >= 4 is 17.7 Å². The maximum Gasteiger partial charge on any atom is 0.258 e. The molecule has 7 nitrogen and oxygen atoms in total. The van der Waals surface area contributed by atoms with Crippen LogP contribution in [0.25, 0.3) is 0 Å². The van der Waals surface area contributed by atoms with Gasteiger partial charge in [0.1, 0.15) is 5.56 Å². The fraction of sp³-hybridized carbons (Fsp3) is 0.500. The normalized spacial score (nSPS) is 16.8. The SMILES string of the molecule is COc1nn(C)cc1C(=O)NCC(c1ccoc1)N1CCSCC1. The summed E-state index contributed by atoms with van der Waals surface area (Å²) in [6.45, 7) is 2.53. The molecule has 0 aliphatic carbocycles. The van der Waals surface area contributed by atoms with Crippen LogP contribution in [0.4, 0.5) is 0 Å². The van der Waals surface area contributed by atoms with Crippen LogP contribution in [0.3, 0.4) is 0 Å². The van der Waals surface area contributed by atoms with Gasteiger partial charge in [-0.25, -0.2) is 0 Å². The summed E-state index contributed by atoms with van der Waals surface area (Å²) in [5.41, 5.74) is 1.53. The lowest BCUT2D eigenvalue weighted by Crippen LogP contribution is -2.41. The van der Waals surface area contributed by atoms with Crippen LogP contribution < -0.4 is 10.1 Å². The van der Waals surface area contributed by atoms with Gasteiger partial charge in [0.2, 0.25) is 5.88 Å². The van der Waals surface area contributed by atoms with Gasteiger partial charge in [-0.15, -0.1) is 5.10 Å². The molecule has 2 aromatic heterocycles. The van der Waals surface area contributed by atoms with Gasteiger partial charge in [0.25, 0.3) is 5.91 Å². The first-order valence-corrected chi connectivity index (χ1v) is 9.04. The highest BCUT2D eigenvalue weighted by atomic mass is 32.2. The fourth-order valence-corrected chi connectivity index (χ4v) is 3.80. The molecule has 1 saturated heterocycles. The fourth-order valence-electron chi connectivity index (χ4n) is 2.87. The van der Waals surface area contributed by atoms with Gasteiger partial charge >= 0.3 is 0 Å². The average Bonchev–Trinajstić information content (AvgIpc) is 3.25. The van der Waals surface area contributed by atoms with Crippen molar-refractivity contribution in [1.29, 1.82) is 0 Å². The predicted molar refractivity (Wildman–Crippen MR) is 92.4 cm³/mol. The monoisotopic (exact) mass is 350 g/mol. The van der Waals surface area contributed by atoms with Crippen molar-refractivity contribution in [2.45, 2.75) is 6.04 Å². The minimum absolute atomic E-state index is 0.108. The number of hydrogen-bond acceptors (Lipinski definition) is 6. The summed E-state index contributed by atoms with van der Waals surface area (Å²) >= 11 is 1.96. The van der Waals surface area contributed by atoms with E-state index in [0.717, 1.165) is 30.2 Å². The Morgan fingerprint density at radius 1 is 1.50 bits per heavy atom. The van der Waals surface area contributed by atoms with Gasteiger partial charge in [0.05, 0.1) is 25.7 Å². The maximum absolute atomic E-state index is 12.5. The minimum atomic E-state index is -0.181. The molecular formula is C16H22N4O3S. The molecule has 1 amide bonds. The van der Waals surface area contributed by atoms with Crippen molar-refractivity contribution in [2.75, 3.05) is 38.2 Å². The van der Waals surface area contributed by atoms with Crippen LogP contribution in [0.2, 0.25) is 0 Å². The molecule has 1 fully saturated rings. The average molecular weight is 350 g/mol. The lowest BCUT2D eigenvalue weighted by atomic mass is 10.1. The topological polar surface area (TPSA) is 72.5 Å². The number of aryl methyl sites for hydroxylation is 1. The van der Waals surface area contributed by atoms with Crippen molar-refractivity contribution in [2.24, 2.45) is 7.05 Å². The van der Waals surface area contributed by atoms with E-state index in [9.17, 15) is 4.79 Å². The van der Waals surface area contributed by atoms with Crippen LogP contribution in [0.15, 0.2) is 29.2 Å². The summed E-state index contributed by atoms with van der Waals surface area (Å²) in [5.74, 6) is 2.38. The van der Waals surface area contributed by atoms with Crippen molar-refractivity contribution in [3.8, 4) is 5.88 Å². The van der Waals surface area contributed by atoms with E-state index < -0.39 is 0 Å². The molecule has 24 heavy (non-hydrogen) atoms. The zero-order valence-corrected chi connectivity index (χ0v) is 14.7. The molecule has 1 unspecified atom stereocenters. The molecule has 2 aromatic rings. The predicted octanol–water partition coefficient (Wildman–Crippen LogP) is 1.54. The van der Waals surface area contributed by atoms with Gasteiger partial charge in [-0.05, 0) is 6.07 Å². The van der Waals surface area contributed by atoms with Gasteiger partial charge in [0.15, 0.2) is 0 Å². The molecule has 130 valence electrons. The number of thioether (sulfide) groups is 1. The van der Waals surface area contributed by atoms with E-state index in [0.29, 0.717) is 18.0 Å². The van der Waals surface area contributed by atoms with Crippen molar-refractivity contribution < 1.29 is 13.9 Å². The lowest BCUT2D eigenvalue weighted by molar-refractivity contribution is 0.0931. The molecule has 0 saturated carbocycles. The highest BCUT2D eigenvalue weighted by Gasteiger charge is 2.25. The Bertz CT molecular complexity index is 665. The third kappa shape index (κ3) is 3.76. The van der Waals surface area contributed by atoms with E-state index in [1.165, 1.54) is 7.11 Å². The number of hydrogen-bond donors (Lipinski definition) is 1. The molecule has 3 rings (SSSR count). The number of rotatable bonds is 6. The molecule has 1 atom stereocenters. The quantitative estimate of drug-likeness (QED) is 0.852. The maximum atomic E-state index is 12.5. The number of ether oxygens (including phenoxy) is 1. The van der Waals surface area contributed by atoms with Crippen LogP contribution in [-0.2, 0) is 7.05 Å². The summed E-state index contributed by atoms with van der Waals surface area (Å²) in [5, 5.41) is 7.13. The van der Waals surface area contributed by atoms with Gasteiger partial charge in [-0.2, -0.15) is 11.8 Å². The number of aromatic nitrogens is 2. The van der Waals surface area contributed by atoms with E-state index >= 15 is 0 Å². The number of furan rings is 1. The van der Waals surface area contributed by atoms with E-state index in [1.807, 2.05) is 17.8 Å². The summed E-state index contributed by atoms with van der Waals surface area (Å²) < 4.78 is 12.0. The second-order valence-electron chi connectivity index (χ2n) is 5.66. The second-order valence-corrected chi connectivity index (χ2v) is 6.88. The molecule has 0 aromatic carbocycles. The molecule has 3 heterocycles. The van der Waals surface area contributed by atoms with Crippen molar-refractivity contribution in [3.63, 3.8) is 0 Å². The first kappa shape index (κ1) is 16.9. The van der Waals surface area contributed by atoms with E-state index in [-0.39, 0.29) is 11.9 Å². The summed E-state index contributed by atoms with van der Waals surface area (Å²) in [6.07, 6.45) is 5.09. The van der Waals surface area contributed by atoms with Crippen molar-refractivity contribution in [1.82, 2.24) is 20.0 Å². The minimum Gasteiger partial charge on any atom is -0.479 e. The smallest absolute Gasteiger partial charge is 0.258 e. The van der Waals surface area contributed by atoms with Gasteiger partial charge < -0.3 is 14.5 Å². The van der Waals surface area contributed by atoms with Gasteiger partial charge in [-0.3, -0.25) is 14.4 Å².